The molecule has 0 amide bonds. The van der Waals surface area contributed by atoms with Crippen LogP contribution in [-0.4, -0.2) is 66.4 Å². The largest absolute Gasteiger partial charge is 0.460 e. The Hall–Kier alpha value is -1.28. The molecule has 3 nitrogen and oxygen atoms in total. The van der Waals surface area contributed by atoms with Gasteiger partial charge in [-0.05, 0) is 0 Å². The molecule has 188 valence electrons. The van der Waals surface area contributed by atoms with Gasteiger partial charge in [0.05, 0.1) is 5.75 Å². The van der Waals surface area contributed by atoms with Gasteiger partial charge in [-0.1, -0.05) is 0 Å². The summed E-state index contributed by atoms with van der Waals surface area (Å²) in [5, 5.41) is 0. The molecule has 0 aliphatic heterocycles. The molecule has 0 aromatic heterocycles. The van der Waals surface area contributed by atoms with Crippen molar-refractivity contribution in [2.75, 3.05) is 5.75 Å². The molecule has 0 rings (SSSR count). The van der Waals surface area contributed by atoms with E-state index in [9.17, 15) is 83.1 Å². The Kier molecular flexibility index (Phi) is 7.07. The van der Waals surface area contributed by atoms with Crippen LogP contribution in [0.5, 0.6) is 0 Å². The van der Waals surface area contributed by atoms with E-state index in [1.165, 1.54) is 0 Å². The molecule has 0 saturated heterocycles. The summed E-state index contributed by atoms with van der Waals surface area (Å²) >= 11 is 0. The van der Waals surface area contributed by atoms with E-state index in [1.54, 1.807) is 0 Å². The van der Waals surface area contributed by atoms with Crippen LogP contribution in [0.3, 0.4) is 0 Å². The van der Waals surface area contributed by atoms with E-state index in [0.717, 1.165) is 0 Å². The third-order valence-corrected chi connectivity index (χ3v) is 4.18. The lowest BCUT2D eigenvalue weighted by molar-refractivity contribution is -0.461. The summed E-state index contributed by atoms with van der Waals surface area (Å²) in [6.45, 7) is 0. The topological polar surface area (TPSA) is 54.4 Å². The summed E-state index contributed by atoms with van der Waals surface area (Å²) in [5.41, 5.74) is 0. The Labute approximate surface area is 158 Å². The van der Waals surface area contributed by atoms with Crippen LogP contribution in [0.15, 0.2) is 0 Å². The summed E-state index contributed by atoms with van der Waals surface area (Å²) in [6, 6.07) is 0. The van der Waals surface area contributed by atoms with Crippen molar-refractivity contribution in [3.63, 3.8) is 0 Å². The molecule has 0 radical (unpaired) electrons. The molecule has 21 heteroatoms. The van der Waals surface area contributed by atoms with Crippen LogP contribution < -0.4 is 0 Å². The zero-order valence-corrected chi connectivity index (χ0v) is 14.3. The minimum absolute atomic E-state index is 2.62. The Morgan fingerprint density at radius 1 is 0.484 bits per heavy atom. The van der Waals surface area contributed by atoms with Crippen molar-refractivity contribution in [2.45, 2.75) is 54.1 Å². The standard InChI is InChI=1S/C10H5F17O3S/c11-3(12,1-2-31(28,29)30)4(13,14)5(15,16)6(17,18)7(19,20)8(21,22)9(23,24)10(25,26)27/h1-2H2,(H,28,29,30)/i1+1,2+1. The minimum Gasteiger partial charge on any atom is -0.286 e. The van der Waals surface area contributed by atoms with E-state index in [2.05, 4.69) is 0 Å². The maximum atomic E-state index is 13.3. The highest BCUT2D eigenvalue weighted by molar-refractivity contribution is 7.85. The molecule has 0 bridgehead atoms. The second-order valence-corrected chi connectivity index (χ2v) is 7.26. The molecular weight excluding hydrogens is 525 g/mol. The van der Waals surface area contributed by atoms with Crippen molar-refractivity contribution in [3.05, 3.63) is 0 Å². The van der Waals surface area contributed by atoms with Crippen LogP contribution in [0.2, 0.25) is 0 Å². The third kappa shape index (κ3) is 4.34. The molecule has 0 aliphatic carbocycles. The lowest BCUT2D eigenvalue weighted by Gasteiger charge is -2.42. The van der Waals surface area contributed by atoms with Crippen molar-refractivity contribution in [3.8, 4) is 0 Å². The molecule has 0 atom stereocenters. The van der Waals surface area contributed by atoms with Gasteiger partial charge in [-0.3, -0.25) is 4.55 Å². The first-order valence-electron chi connectivity index (χ1n) is 6.62. The van der Waals surface area contributed by atoms with Crippen molar-refractivity contribution < 1.29 is 87.6 Å². The molecule has 0 aromatic rings. The fourth-order valence-electron chi connectivity index (χ4n) is 1.61. The van der Waals surface area contributed by atoms with Gasteiger partial charge in [0.1, 0.15) is 0 Å². The monoisotopic (exact) mass is 530 g/mol. The zero-order chi connectivity index (χ0) is 25.9. The summed E-state index contributed by atoms with van der Waals surface area (Å²) in [6.07, 6.45) is -11.1. The maximum Gasteiger partial charge on any atom is 0.460 e. The van der Waals surface area contributed by atoms with Crippen LogP contribution in [0.25, 0.3) is 0 Å². The number of rotatable bonds is 9. The van der Waals surface area contributed by atoms with Crippen molar-refractivity contribution >= 4 is 10.1 Å². The molecule has 0 unspecified atom stereocenters. The number of halogens is 17. The fraction of sp³-hybridized carbons (Fsp3) is 1.00. The Balaban J connectivity index is 6.62. The summed E-state index contributed by atoms with van der Waals surface area (Å²) in [5.74, 6) is -60.2. The van der Waals surface area contributed by atoms with Crippen LogP contribution >= 0.6 is 0 Å². The lowest BCUT2D eigenvalue weighted by Crippen LogP contribution is -2.74. The molecule has 0 aromatic carbocycles. The summed E-state index contributed by atoms with van der Waals surface area (Å²) in [4.78, 5) is 0. The van der Waals surface area contributed by atoms with Gasteiger partial charge >= 0.3 is 47.6 Å². The smallest absolute Gasteiger partial charge is 0.286 e. The Morgan fingerprint density at radius 3 is 1.00 bits per heavy atom. The van der Waals surface area contributed by atoms with Gasteiger partial charge in [0, 0.05) is 6.42 Å². The minimum atomic E-state index is -8.74. The second-order valence-electron chi connectivity index (χ2n) is 5.68. The highest BCUT2D eigenvalue weighted by Gasteiger charge is 2.95. The normalized spacial score (nSPS) is 16.6. The maximum absolute atomic E-state index is 13.3. The van der Waals surface area contributed by atoms with Gasteiger partial charge < -0.3 is 0 Å². The van der Waals surface area contributed by atoms with Gasteiger partial charge in [0.15, 0.2) is 0 Å². The summed E-state index contributed by atoms with van der Waals surface area (Å²) in [7, 11) is -5.72. The lowest BCUT2D eigenvalue weighted by atomic mass is 9.90. The highest BCUT2D eigenvalue weighted by atomic mass is 32.2. The van der Waals surface area contributed by atoms with E-state index in [4.69, 9.17) is 4.55 Å². The molecule has 31 heavy (non-hydrogen) atoms. The third-order valence-electron chi connectivity index (χ3n) is 3.46. The molecule has 0 aliphatic rings. The second kappa shape index (κ2) is 7.37. The van der Waals surface area contributed by atoms with Crippen molar-refractivity contribution in [2.24, 2.45) is 0 Å². The van der Waals surface area contributed by atoms with Gasteiger partial charge in [-0.15, -0.1) is 0 Å². The first-order chi connectivity index (χ1) is 13.0. The average molecular weight is 530 g/mol. The highest BCUT2D eigenvalue weighted by Crippen LogP contribution is 2.64. The van der Waals surface area contributed by atoms with Crippen LogP contribution in [-0.2, 0) is 10.1 Å². The Bertz CT molecular complexity index is 766. The number of hydrogen-bond acceptors (Lipinski definition) is 2. The van der Waals surface area contributed by atoms with Gasteiger partial charge in [0.2, 0.25) is 0 Å². The predicted octanol–water partition coefficient (Wildman–Crippen LogP) is 5.27. The molecule has 0 fully saturated rings. The van der Waals surface area contributed by atoms with Crippen molar-refractivity contribution in [1.82, 2.24) is 0 Å². The van der Waals surface area contributed by atoms with E-state index in [0.29, 0.717) is 0 Å². The average Bonchev–Trinajstić information content (AvgIpc) is 2.50. The molecule has 0 saturated carbocycles. The molecule has 1 N–H and O–H groups in total. The Morgan fingerprint density at radius 2 is 0.742 bits per heavy atom. The van der Waals surface area contributed by atoms with Crippen LogP contribution in [0.1, 0.15) is 6.42 Å². The van der Waals surface area contributed by atoms with Gasteiger partial charge in [-0.2, -0.15) is 83.1 Å². The predicted molar refractivity (Wildman–Crippen MR) is 61.7 cm³/mol. The fourth-order valence-corrected chi connectivity index (χ4v) is 2.12. The van der Waals surface area contributed by atoms with Gasteiger partial charge in [0.25, 0.3) is 10.1 Å². The van der Waals surface area contributed by atoms with E-state index in [-0.39, 0.29) is 0 Å². The van der Waals surface area contributed by atoms with E-state index >= 15 is 0 Å². The van der Waals surface area contributed by atoms with Crippen LogP contribution in [0, 0.1) is 0 Å². The number of hydrogen-bond donors (Lipinski definition) is 1. The molecule has 0 spiro atoms. The summed E-state index contributed by atoms with van der Waals surface area (Å²) < 4.78 is 247. The zero-order valence-electron chi connectivity index (χ0n) is 13.5. The van der Waals surface area contributed by atoms with Crippen LogP contribution in [0.4, 0.5) is 74.6 Å². The van der Waals surface area contributed by atoms with E-state index < -0.39 is 69.9 Å². The number of alkyl halides is 17. The van der Waals surface area contributed by atoms with Gasteiger partial charge in [-0.25, -0.2) is 0 Å². The quantitative estimate of drug-likeness (QED) is 0.251. The van der Waals surface area contributed by atoms with E-state index in [1.807, 2.05) is 0 Å². The van der Waals surface area contributed by atoms with Crippen molar-refractivity contribution in [1.29, 1.82) is 0 Å². The first kappa shape index (κ1) is 29.7. The molecular formula is C10H5F17O3S. The SMILES string of the molecule is O=S(=O)(O)[13CH2][13CH2]C(F)(F)C(F)(F)C(F)(F)C(F)(F)C(F)(F)C(F)(F)C(F)(F)C(F)(F)F. The first-order valence-corrected chi connectivity index (χ1v) is 8.23. The molecule has 0 heterocycles.